The quantitative estimate of drug-likeness (QED) is 0.213. The Balaban J connectivity index is 1.38. The van der Waals surface area contributed by atoms with E-state index in [2.05, 4.69) is 55.9 Å². The van der Waals surface area contributed by atoms with Crippen LogP contribution in [-0.2, 0) is 16.1 Å². The van der Waals surface area contributed by atoms with Gasteiger partial charge in [0.25, 0.3) is 0 Å². The molecule has 1 aliphatic carbocycles. The van der Waals surface area contributed by atoms with E-state index in [1.54, 1.807) is 17.5 Å². The molecule has 5 aromatic rings. The molecule has 2 fully saturated rings. The number of aromatic amines is 1. The molecule has 0 bridgehead atoms. The number of pyridine rings is 1. The number of fused-ring (bicyclic) bond motifs is 1. The Hall–Kier alpha value is -4.35. The van der Waals surface area contributed by atoms with Crippen molar-refractivity contribution in [1.29, 1.82) is 0 Å². The number of nitrogens with one attached hydrogen (secondary N) is 1. The number of aryl methyl sites for hydroxylation is 2. The predicted octanol–water partition coefficient (Wildman–Crippen LogP) is 6.44. The Morgan fingerprint density at radius 1 is 1.00 bits per heavy atom. The number of hydrogen-bond donors (Lipinski definition) is 2. The zero-order valence-electron chi connectivity index (χ0n) is 25.5. The normalized spacial score (nSPS) is 16.0. The molecule has 0 unspecified atom stereocenters. The van der Waals surface area contributed by atoms with Gasteiger partial charge in [0.2, 0.25) is 11.7 Å². The van der Waals surface area contributed by atoms with Gasteiger partial charge in [-0.05, 0) is 68.0 Å². The van der Waals surface area contributed by atoms with Gasteiger partial charge in [0.15, 0.2) is 0 Å². The van der Waals surface area contributed by atoms with Gasteiger partial charge in [-0.25, -0.2) is 19.7 Å². The molecular weight excluding hydrogens is 588 g/mol. The fourth-order valence-corrected chi connectivity index (χ4v) is 7.66. The minimum Gasteiger partial charge on any atom is -0.475 e. The number of ether oxygens (including phenoxy) is 1. The van der Waals surface area contributed by atoms with Crippen molar-refractivity contribution in [3.8, 4) is 33.2 Å². The van der Waals surface area contributed by atoms with E-state index in [9.17, 15) is 14.7 Å². The number of carbonyl (C=O) groups excluding carboxylic acids is 1. The molecule has 232 valence electrons. The number of morpholine rings is 1. The van der Waals surface area contributed by atoms with Gasteiger partial charge in [-0.2, -0.15) is 0 Å². The summed E-state index contributed by atoms with van der Waals surface area (Å²) in [4.78, 5) is 45.2. The van der Waals surface area contributed by atoms with Gasteiger partial charge in [0.05, 0.1) is 51.4 Å². The number of benzene rings is 1. The Morgan fingerprint density at radius 3 is 2.51 bits per heavy atom. The van der Waals surface area contributed by atoms with Gasteiger partial charge < -0.3 is 24.3 Å². The molecule has 0 spiro atoms. The smallest absolute Gasteiger partial charge is 0.371 e. The van der Waals surface area contributed by atoms with E-state index in [-0.39, 0.29) is 18.3 Å². The van der Waals surface area contributed by atoms with E-state index in [4.69, 9.17) is 9.72 Å². The summed E-state index contributed by atoms with van der Waals surface area (Å²) >= 11 is 1.65. The van der Waals surface area contributed by atoms with Crippen LogP contribution in [0.15, 0.2) is 42.6 Å². The van der Waals surface area contributed by atoms with Gasteiger partial charge in [-0.1, -0.05) is 31.4 Å². The van der Waals surface area contributed by atoms with Crippen LogP contribution < -0.4 is 0 Å². The molecule has 1 saturated carbocycles. The second kappa shape index (κ2) is 12.2. The molecule has 45 heavy (non-hydrogen) atoms. The first-order chi connectivity index (χ1) is 21.9. The van der Waals surface area contributed by atoms with Crippen LogP contribution in [0.2, 0.25) is 0 Å². The van der Waals surface area contributed by atoms with Crippen molar-refractivity contribution < 1.29 is 19.4 Å². The van der Waals surface area contributed by atoms with E-state index in [0.717, 1.165) is 74.8 Å². The van der Waals surface area contributed by atoms with Crippen molar-refractivity contribution >= 4 is 34.1 Å². The van der Waals surface area contributed by atoms with Gasteiger partial charge in [-0.3, -0.25) is 4.79 Å². The zero-order valence-corrected chi connectivity index (χ0v) is 26.3. The fourth-order valence-electron chi connectivity index (χ4n) is 6.77. The number of carboxylic acids is 1. The van der Waals surface area contributed by atoms with Gasteiger partial charge >= 0.3 is 5.97 Å². The lowest BCUT2D eigenvalue weighted by Crippen LogP contribution is -2.42. The molecule has 4 aromatic heterocycles. The number of aromatic carboxylic acids is 1. The number of imidazole rings is 1. The topological polar surface area (TPSA) is 126 Å². The molecular formula is C34H36N6O4S. The van der Waals surface area contributed by atoms with Crippen LogP contribution in [-0.4, -0.2) is 72.7 Å². The summed E-state index contributed by atoms with van der Waals surface area (Å²) < 4.78 is 7.55. The highest BCUT2D eigenvalue weighted by atomic mass is 32.1. The molecule has 1 saturated heterocycles. The number of carbonyl (C=O) groups is 2. The second-order valence-corrected chi connectivity index (χ2v) is 13.1. The molecule has 11 heteroatoms. The summed E-state index contributed by atoms with van der Waals surface area (Å²) in [6, 6.07) is 12.6. The monoisotopic (exact) mass is 624 g/mol. The number of nitrogens with zero attached hydrogens (tertiary/aromatic N) is 5. The van der Waals surface area contributed by atoms with Crippen LogP contribution in [0.4, 0.5) is 0 Å². The van der Waals surface area contributed by atoms with Crippen LogP contribution >= 0.6 is 11.3 Å². The van der Waals surface area contributed by atoms with Crippen molar-refractivity contribution in [3.05, 3.63) is 64.7 Å². The Bertz CT molecular complexity index is 1890. The first kappa shape index (κ1) is 29.4. The average Bonchev–Trinajstić information content (AvgIpc) is 3.78. The maximum absolute atomic E-state index is 13.8. The van der Waals surface area contributed by atoms with E-state index in [1.807, 2.05) is 18.7 Å². The third-order valence-electron chi connectivity index (χ3n) is 8.97. The SMILES string of the molecule is Cc1nc(C)c(-c2ccc3cc(-c4c(C5CCCCC5)cc(-c5c[nH]c(C(=O)O)n5)n4CC(=O)N4CCOCC4)ccc3n2)s1. The number of aromatic nitrogens is 5. The maximum atomic E-state index is 13.8. The van der Waals surface area contributed by atoms with Crippen LogP contribution in [0.25, 0.3) is 44.1 Å². The van der Waals surface area contributed by atoms with Gasteiger partial charge in [0.1, 0.15) is 12.2 Å². The summed E-state index contributed by atoms with van der Waals surface area (Å²) in [6.45, 7) is 6.29. The molecule has 7 rings (SSSR count). The van der Waals surface area contributed by atoms with Crippen molar-refractivity contribution in [3.63, 3.8) is 0 Å². The Labute approximate surface area is 265 Å². The number of amides is 1. The molecule has 10 nitrogen and oxygen atoms in total. The van der Waals surface area contributed by atoms with Crippen molar-refractivity contribution in [1.82, 2.24) is 29.4 Å². The van der Waals surface area contributed by atoms with Gasteiger partial charge in [-0.15, -0.1) is 11.3 Å². The number of thiazole rings is 1. The highest BCUT2D eigenvalue weighted by molar-refractivity contribution is 7.15. The molecule has 0 atom stereocenters. The van der Waals surface area contributed by atoms with Crippen molar-refractivity contribution in [2.24, 2.45) is 0 Å². The average molecular weight is 625 g/mol. The molecule has 2 N–H and O–H groups in total. The van der Waals surface area contributed by atoms with E-state index < -0.39 is 5.97 Å². The molecule has 1 aromatic carbocycles. The summed E-state index contributed by atoms with van der Waals surface area (Å²) in [6.07, 6.45) is 7.30. The standard InChI is InChI=1S/C34H36N6O4S/c1-20-32(45-21(2)36-20)27-11-8-23-16-24(9-10-26(23)37-27)31-25(22-6-4-3-5-7-22)17-29(28-18-35-33(38-28)34(42)43)40(31)19-30(41)39-12-14-44-15-13-39/h8-11,16-18,22H,3-7,12-15,19H2,1-2H3,(H,35,38)(H,42,43). The van der Waals surface area contributed by atoms with E-state index >= 15 is 0 Å². The third-order valence-corrected chi connectivity index (χ3v) is 10.1. The third kappa shape index (κ3) is 5.78. The largest absolute Gasteiger partial charge is 0.475 e. The molecule has 2 aliphatic rings. The van der Waals surface area contributed by atoms with Crippen LogP contribution in [0.5, 0.6) is 0 Å². The fraction of sp³-hybridized carbons (Fsp3) is 0.382. The van der Waals surface area contributed by atoms with Crippen LogP contribution in [0, 0.1) is 13.8 Å². The first-order valence-corrected chi connectivity index (χ1v) is 16.4. The number of carboxylic acid groups (broad SMARTS) is 1. The van der Waals surface area contributed by atoms with Crippen LogP contribution in [0.3, 0.4) is 0 Å². The molecule has 5 heterocycles. The summed E-state index contributed by atoms with van der Waals surface area (Å²) in [7, 11) is 0. The first-order valence-electron chi connectivity index (χ1n) is 15.6. The van der Waals surface area contributed by atoms with Crippen LogP contribution in [0.1, 0.15) is 64.9 Å². The minimum absolute atomic E-state index is 0.00269. The highest BCUT2D eigenvalue weighted by Gasteiger charge is 2.29. The molecule has 1 aliphatic heterocycles. The summed E-state index contributed by atoms with van der Waals surface area (Å²) in [5, 5.41) is 11.6. The molecule has 0 radical (unpaired) electrons. The van der Waals surface area contributed by atoms with Crippen molar-refractivity contribution in [2.75, 3.05) is 26.3 Å². The Kier molecular flexibility index (Phi) is 7.97. The van der Waals surface area contributed by atoms with E-state index in [0.29, 0.717) is 37.9 Å². The van der Waals surface area contributed by atoms with Crippen molar-refractivity contribution in [2.45, 2.75) is 58.4 Å². The van der Waals surface area contributed by atoms with Gasteiger partial charge in [0, 0.05) is 24.7 Å². The predicted molar refractivity (Wildman–Crippen MR) is 174 cm³/mol. The lowest BCUT2D eigenvalue weighted by Gasteiger charge is -2.28. The number of hydrogen-bond acceptors (Lipinski definition) is 7. The Morgan fingerprint density at radius 2 is 1.80 bits per heavy atom. The zero-order chi connectivity index (χ0) is 31.1. The lowest BCUT2D eigenvalue weighted by molar-refractivity contribution is -0.135. The minimum atomic E-state index is -1.12. The number of H-pyrrole nitrogens is 1. The maximum Gasteiger partial charge on any atom is 0.371 e. The molecule has 1 amide bonds. The lowest BCUT2D eigenvalue weighted by atomic mass is 9.83. The highest BCUT2D eigenvalue weighted by Crippen LogP contribution is 2.43. The summed E-state index contributed by atoms with van der Waals surface area (Å²) in [5.74, 6) is -0.916. The number of rotatable bonds is 7. The van der Waals surface area contributed by atoms with E-state index in [1.165, 1.54) is 12.0 Å². The second-order valence-electron chi connectivity index (χ2n) is 11.9. The summed E-state index contributed by atoms with van der Waals surface area (Å²) in [5.41, 5.74) is 7.19.